The van der Waals surface area contributed by atoms with Crippen molar-refractivity contribution in [2.24, 2.45) is 5.92 Å². The molecule has 6 nitrogen and oxygen atoms in total. The van der Waals surface area contributed by atoms with Crippen molar-refractivity contribution in [3.63, 3.8) is 0 Å². The molecule has 1 aliphatic carbocycles. The van der Waals surface area contributed by atoms with E-state index in [9.17, 15) is 14.9 Å². The van der Waals surface area contributed by atoms with Gasteiger partial charge in [0.2, 0.25) is 0 Å². The van der Waals surface area contributed by atoms with E-state index in [2.05, 4.69) is 5.32 Å². The molecule has 1 aliphatic rings. The van der Waals surface area contributed by atoms with E-state index in [1.807, 2.05) is 0 Å². The van der Waals surface area contributed by atoms with Crippen LogP contribution in [0.2, 0.25) is 0 Å². The maximum Gasteiger partial charge on any atom is 0.273 e. The van der Waals surface area contributed by atoms with Crippen LogP contribution >= 0.6 is 0 Å². The maximum atomic E-state index is 12.0. The summed E-state index contributed by atoms with van der Waals surface area (Å²) in [4.78, 5) is 22.3. The van der Waals surface area contributed by atoms with Gasteiger partial charge in [0.15, 0.2) is 6.10 Å². The van der Waals surface area contributed by atoms with Gasteiger partial charge in [0, 0.05) is 12.6 Å². The van der Waals surface area contributed by atoms with E-state index in [1.54, 1.807) is 19.1 Å². The number of nitro benzene ring substituents is 1. The molecule has 1 saturated carbocycles. The van der Waals surface area contributed by atoms with E-state index in [0.717, 1.165) is 0 Å². The third kappa shape index (κ3) is 4.72. The molecule has 0 radical (unpaired) electrons. The molecule has 0 aromatic heterocycles. The lowest BCUT2D eigenvalue weighted by molar-refractivity contribution is -0.384. The van der Waals surface area contributed by atoms with Gasteiger partial charge in [-0.2, -0.15) is 0 Å². The highest BCUT2D eigenvalue weighted by Gasteiger charge is 2.19. The minimum absolute atomic E-state index is 0.0488. The van der Waals surface area contributed by atoms with Crippen molar-refractivity contribution in [1.82, 2.24) is 5.32 Å². The highest BCUT2D eigenvalue weighted by atomic mass is 16.6. The Labute approximate surface area is 130 Å². The number of carbonyl (C=O) groups excluding carboxylic acids is 1. The van der Waals surface area contributed by atoms with Crippen LogP contribution in [0, 0.1) is 16.0 Å². The predicted octanol–water partition coefficient (Wildman–Crippen LogP) is 3.06. The summed E-state index contributed by atoms with van der Waals surface area (Å²) >= 11 is 0. The second kappa shape index (κ2) is 7.77. The molecular formula is C16H22N2O4. The quantitative estimate of drug-likeness (QED) is 0.647. The molecule has 22 heavy (non-hydrogen) atoms. The van der Waals surface area contributed by atoms with Crippen LogP contribution in [0.25, 0.3) is 0 Å². The molecule has 1 atom stereocenters. The molecule has 1 fully saturated rings. The molecule has 0 heterocycles. The highest BCUT2D eigenvalue weighted by Crippen LogP contribution is 2.23. The first-order valence-corrected chi connectivity index (χ1v) is 7.75. The third-order valence-electron chi connectivity index (χ3n) is 4.00. The van der Waals surface area contributed by atoms with E-state index >= 15 is 0 Å². The Morgan fingerprint density at radius 3 is 2.82 bits per heavy atom. The summed E-state index contributed by atoms with van der Waals surface area (Å²) in [5.74, 6) is 0.703. The summed E-state index contributed by atoms with van der Waals surface area (Å²) in [6.45, 7) is 2.33. The van der Waals surface area contributed by atoms with E-state index in [4.69, 9.17) is 4.74 Å². The fourth-order valence-electron chi connectivity index (χ4n) is 2.71. The van der Waals surface area contributed by atoms with Crippen molar-refractivity contribution in [1.29, 1.82) is 0 Å². The molecule has 0 aliphatic heterocycles. The first-order chi connectivity index (χ1) is 10.6. The number of ether oxygens (including phenoxy) is 1. The standard InChI is InChI=1S/C16H22N2O4/c1-12(16(19)17-11-13-6-3-2-4-7-13)22-15-9-5-8-14(10-15)18(20)21/h5,8-10,12-13H,2-4,6-7,11H2,1H3,(H,17,19)/t12-/m0/s1. The Morgan fingerprint density at radius 1 is 1.41 bits per heavy atom. The molecule has 1 amide bonds. The molecule has 0 saturated heterocycles. The number of hydrogen-bond donors (Lipinski definition) is 1. The lowest BCUT2D eigenvalue weighted by atomic mass is 9.89. The molecule has 2 rings (SSSR count). The molecule has 0 spiro atoms. The zero-order valence-corrected chi connectivity index (χ0v) is 12.8. The van der Waals surface area contributed by atoms with Crippen molar-refractivity contribution >= 4 is 11.6 Å². The number of benzene rings is 1. The van der Waals surface area contributed by atoms with Gasteiger partial charge >= 0.3 is 0 Å². The molecule has 1 aromatic carbocycles. The summed E-state index contributed by atoms with van der Waals surface area (Å²) in [7, 11) is 0. The maximum absolute atomic E-state index is 12.0. The van der Waals surface area contributed by atoms with Crippen molar-refractivity contribution in [2.75, 3.05) is 6.54 Å². The summed E-state index contributed by atoms with van der Waals surface area (Å²) < 4.78 is 5.49. The van der Waals surface area contributed by atoms with Crippen molar-refractivity contribution < 1.29 is 14.5 Å². The van der Waals surface area contributed by atoms with Gasteiger partial charge in [-0.05, 0) is 31.7 Å². The Hall–Kier alpha value is -2.11. The first kappa shape index (κ1) is 16.3. The van der Waals surface area contributed by atoms with E-state index in [-0.39, 0.29) is 11.6 Å². The van der Waals surface area contributed by atoms with Crippen LogP contribution < -0.4 is 10.1 Å². The summed E-state index contributed by atoms with van der Waals surface area (Å²) in [5.41, 5.74) is -0.0488. The van der Waals surface area contributed by atoms with Gasteiger partial charge in [-0.1, -0.05) is 25.3 Å². The number of rotatable bonds is 6. The van der Waals surface area contributed by atoms with E-state index < -0.39 is 11.0 Å². The second-order valence-corrected chi connectivity index (χ2v) is 5.76. The second-order valence-electron chi connectivity index (χ2n) is 5.76. The van der Waals surface area contributed by atoms with Gasteiger partial charge in [0.1, 0.15) is 5.75 Å². The highest BCUT2D eigenvalue weighted by molar-refractivity contribution is 5.80. The smallest absolute Gasteiger partial charge is 0.273 e. The van der Waals surface area contributed by atoms with Gasteiger partial charge in [0.05, 0.1) is 11.0 Å². The van der Waals surface area contributed by atoms with Gasteiger partial charge < -0.3 is 10.1 Å². The summed E-state index contributed by atoms with van der Waals surface area (Å²) in [6, 6.07) is 5.86. The number of nitrogens with one attached hydrogen (secondary N) is 1. The number of non-ortho nitro benzene ring substituents is 1. The zero-order chi connectivity index (χ0) is 15.9. The molecule has 0 bridgehead atoms. The average molecular weight is 306 g/mol. The van der Waals surface area contributed by atoms with Crippen LogP contribution in [0.1, 0.15) is 39.0 Å². The minimum atomic E-state index is -0.675. The van der Waals surface area contributed by atoms with Gasteiger partial charge in [-0.25, -0.2) is 0 Å². The number of amides is 1. The first-order valence-electron chi connectivity index (χ1n) is 7.75. The largest absolute Gasteiger partial charge is 0.481 e. The number of carbonyl (C=O) groups is 1. The lowest BCUT2D eigenvalue weighted by Gasteiger charge is -2.22. The third-order valence-corrected chi connectivity index (χ3v) is 4.00. The van der Waals surface area contributed by atoms with Crippen molar-refractivity contribution in [2.45, 2.75) is 45.1 Å². The van der Waals surface area contributed by atoms with Crippen molar-refractivity contribution in [3.05, 3.63) is 34.4 Å². The summed E-state index contributed by atoms with van der Waals surface area (Å²) in [6.07, 6.45) is 5.42. The normalized spacial score (nSPS) is 16.8. The minimum Gasteiger partial charge on any atom is -0.481 e. The molecular weight excluding hydrogens is 284 g/mol. The van der Waals surface area contributed by atoms with Crippen LogP contribution in [0.5, 0.6) is 5.75 Å². The van der Waals surface area contributed by atoms with Gasteiger partial charge in [0.25, 0.3) is 11.6 Å². The van der Waals surface area contributed by atoms with Crippen LogP contribution in [-0.2, 0) is 4.79 Å². The predicted molar refractivity (Wildman–Crippen MR) is 82.8 cm³/mol. The Bertz CT molecular complexity index is 527. The van der Waals surface area contributed by atoms with E-state index in [1.165, 1.54) is 44.2 Å². The van der Waals surface area contributed by atoms with Crippen LogP contribution in [-0.4, -0.2) is 23.5 Å². The Balaban J connectivity index is 1.82. The van der Waals surface area contributed by atoms with Gasteiger partial charge in [-0.3, -0.25) is 14.9 Å². The average Bonchev–Trinajstić information content (AvgIpc) is 2.53. The Morgan fingerprint density at radius 2 is 2.14 bits per heavy atom. The van der Waals surface area contributed by atoms with Crippen LogP contribution in [0.15, 0.2) is 24.3 Å². The molecule has 6 heteroatoms. The summed E-state index contributed by atoms with van der Waals surface area (Å²) in [5, 5.41) is 13.6. The Kier molecular flexibility index (Phi) is 5.75. The number of nitro groups is 1. The van der Waals surface area contributed by atoms with E-state index in [0.29, 0.717) is 18.2 Å². The van der Waals surface area contributed by atoms with Gasteiger partial charge in [-0.15, -0.1) is 0 Å². The van der Waals surface area contributed by atoms with Crippen LogP contribution in [0.4, 0.5) is 5.69 Å². The van der Waals surface area contributed by atoms with Crippen molar-refractivity contribution in [3.8, 4) is 5.75 Å². The topological polar surface area (TPSA) is 81.5 Å². The molecule has 1 aromatic rings. The van der Waals surface area contributed by atoms with Crippen LogP contribution in [0.3, 0.4) is 0 Å². The molecule has 1 N–H and O–H groups in total. The number of nitrogens with zero attached hydrogens (tertiary/aromatic N) is 1. The monoisotopic (exact) mass is 306 g/mol. The lowest BCUT2D eigenvalue weighted by Crippen LogP contribution is -2.39. The fourth-order valence-corrected chi connectivity index (χ4v) is 2.71. The number of hydrogen-bond acceptors (Lipinski definition) is 4. The molecule has 120 valence electrons. The fraction of sp³-hybridized carbons (Fsp3) is 0.562. The SMILES string of the molecule is C[C@H](Oc1cccc([N+](=O)[O-])c1)C(=O)NCC1CCCCC1. The zero-order valence-electron chi connectivity index (χ0n) is 12.8. The molecule has 0 unspecified atom stereocenters.